The molecule has 5 heteroatoms. The number of nitrogens with one attached hydrogen (secondary N) is 1. The lowest BCUT2D eigenvalue weighted by atomic mass is 9.89. The Hall–Kier alpha value is -1.91. The molecule has 0 atom stereocenters. The van der Waals surface area contributed by atoms with Gasteiger partial charge in [-0.05, 0) is 30.5 Å². The lowest BCUT2D eigenvalue weighted by Gasteiger charge is -2.21. The molecular weight excluding hydrogens is 246 g/mol. The Balaban J connectivity index is 2.57. The van der Waals surface area contributed by atoms with Crippen LogP contribution in [-0.4, -0.2) is 27.8 Å². The van der Waals surface area contributed by atoms with Crippen LogP contribution in [0.3, 0.4) is 0 Å². The maximum atomic E-state index is 11.8. The Labute approximate surface area is 112 Å². The molecule has 0 radical (unpaired) electrons. The molecule has 5 nitrogen and oxygen atoms in total. The average molecular weight is 267 g/mol. The zero-order chi connectivity index (χ0) is 14.6. The fourth-order valence-corrected chi connectivity index (χ4v) is 1.53. The molecule has 0 spiro atoms. The van der Waals surface area contributed by atoms with Crippen molar-refractivity contribution in [2.24, 2.45) is 5.41 Å². The van der Waals surface area contributed by atoms with E-state index in [9.17, 15) is 20.1 Å². The van der Waals surface area contributed by atoms with Gasteiger partial charge in [-0.25, -0.2) is 0 Å². The molecule has 0 bridgehead atoms. The number of aromatic hydroxyl groups is 3. The maximum Gasteiger partial charge on any atom is 0.225 e. The lowest BCUT2D eigenvalue weighted by molar-refractivity contribution is -0.129. The Morgan fingerprint density at radius 1 is 1.21 bits per heavy atom. The summed E-state index contributed by atoms with van der Waals surface area (Å²) < 4.78 is 0. The summed E-state index contributed by atoms with van der Waals surface area (Å²) in [5, 5.41) is 30.7. The first-order chi connectivity index (χ1) is 8.77. The molecule has 1 amide bonds. The summed E-state index contributed by atoms with van der Waals surface area (Å²) in [6, 6.07) is 2.73. The van der Waals surface area contributed by atoms with Gasteiger partial charge in [0.15, 0.2) is 17.2 Å². The summed E-state index contributed by atoms with van der Waals surface area (Å²) in [6.45, 7) is 6.11. The van der Waals surface area contributed by atoms with Crippen molar-refractivity contribution in [2.45, 2.75) is 33.6 Å². The zero-order valence-electron chi connectivity index (χ0n) is 11.5. The minimum absolute atomic E-state index is 0.0257. The zero-order valence-corrected chi connectivity index (χ0v) is 11.5. The van der Waals surface area contributed by atoms with Gasteiger partial charge in [0.05, 0.1) is 0 Å². The molecule has 0 heterocycles. The third kappa shape index (κ3) is 3.77. The van der Waals surface area contributed by atoms with Crippen LogP contribution >= 0.6 is 0 Å². The predicted molar refractivity (Wildman–Crippen MR) is 72.2 cm³/mol. The first kappa shape index (κ1) is 15.1. The number of amides is 1. The summed E-state index contributed by atoms with van der Waals surface area (Å²) in [6.07, 6.45) is 1.21. The molecule has 1 aromatic rings. The van der Waals surface area contributed by atoms with Gasteiger partial charge in [-0.15, -0.1) is 0 Å². The van der Waals surface area contributed by atoms with Gasteiger partial charge in [0.1, 0.15) is 0 Å². The number of phenolic OH excluding ortho intramolecular Hbond substituents is 3. The minimum atomic E-state index is -0.528. The monoisotopic (exact) mass is 267 g/mol. The summed E-state index contributed by atoms with van der Waals surface area (Å²) in [5.74, 6) is -1.28. The normalized spacial score (nSPS) is 11.3. The van der Waals surface area contributed by atoms with Crippen molar-refractivity contribution in [1.29, 1.82) is 0 Å². The maximum absolute atomic E-state index is 11.8. The van der Waals surface area contributed by atoms with E-state index in [1.54, 1.807) is 0 Å². The molecule has 0 saturated heterocycles. The average Bonchev–Trinajstić information content (AvgIpc) is 2.35. The number of carbonyl (C=O) groups excluding carboxylic acids is 1. The minimum Gasteiger partial charge on any atom is -0.504 e. The molecule has 0 fully saturated rings. The lowest BCUT2D eigenvalue weighted by Crippen LogP contribution is -2.37. The van der Waals surface area contributed by atoms with Crippen LogP contribution in [0.25, 0.3) is 0 Å². The van der Waals surface area contributed by atoms with Crippen molar-refractivity contribution in [3.63, 3.8) is 0 Å². The standard InChI is InChI=1S/C14H21NO4/c1-4-14(2,3)13(19)15-6-5-9-7-10(16)12(18)11(17)8-9/h7-8,16-18H,4-6H2,1-3H3,(H,15,19). The smallest absolute Gasteiger partial charge is 0.225 e. The van der Waals surface area contributed by atoms with E-state index >= 15 is 0 Å². The van der Waals surface area contributed by atoms with Gasteiger partial charge in [0, 0.05) is 12.0 Å². The van der Waals surface area contributed by atoms with Crippen LogP contribution < -0.4 is 5.32 Å². The number of hydrogen-bond acceptors (Lipinski definition) is 4. The quantitative estimate of drug-likeness (QED) is 0.613. The van der Waals surface area contributed by atoms with Gasteiger partial charge in [-0.1, -0.05) is 20.8 Å². The second kappa shape index (κ2) is 5.82. The van der Waals surface area contributed by atoms with E-state index < -0.39 is 11.2 Å². The molecule has 0 aliphatic rings. The van der Waals surface area contributed by atoms with E-state index in [-0.39, 0.29) is 17.4 Å². The highest BCUT2D eigenvalue weighted by Crippen LogP contribution is 2.35. The Morgan fingerprint density at radius 2 is 1.74 bits per heavy atom. The summed E-state index contributed by atoms with van der Waals surface area (Å²) in [4.78, 5) is 11.8. The number of carbonyl (C=O) groups is 1. The van der Waals surface area contributed by atoms with Crippen LogP contribution in [0.4, 0.5) is 0 Å². The molecule has 0 unspecified atom stereocenters. The number of phenols is 3. The fourth-order valence-electron chi connectivity index (χ4n) is 1.53. The van der Waals surface area contributed by atoms with Gasteiger partial charge in [-0.3, -0.25) is 4.79 Å². The molecule has 0 aliphatic carbocycles. The van der Waals surface area contributed by atoms with Crippen molar-refractivity contribution in [2.75, 3.05) is 6.54 Å². The number of rotatable bonds is 5. The predicted octanol–water partition coefficient (Wildman–Crippen LogP) is 1.90. The highest BCUT2D eigenvalue weighted by atomic mass is 16.3. The summed E-state index contributed by atoms with van der Waals surface area (Å²) >= 11 is 0. The first-order valence-electron chi connectivity index (χ1n) is 6.30. The van der Waals surface area contributed by atoms with E-state index in [0.29, 0.717) is 18.5 Å². The van der Waals surface area contributed by atoms with Gasteiger partial charge in [-0.2, -0.15) is 0 Å². The Kier molecular flexibility index (Phi) is 4.64. The van der Waals surface area contributed by atoms with Gasteiger partial charge >= 0.3 is 0 Å². The van der Waals surface area contributed by atoms with Crippen LogP contribution in [0.5, 0.6) is 17.2 Å². The fraction of sp³-hybridized carbons (Fsp3) is 0.500. The van der Waals surface area contributed by atoms with Crippen molar-refractivity contribution >= 4 is 5.91 Å². The molecule has 0 aliphatic heterocycles. The third-order valence-electron chi connectivity index (χ3n) is 3.33. The van der Waals surface area contributed by atoms with Crippen LogP contribution in [0, 0.1) is 5.41 Å². The molecule has 106 valence electrons. The van der Waals surface area contributed by atoms with Crippen molar-refractivity contribution in [1.82, 2.24) is 5.32 Å². The molecule has 19 heavy (non-hydrogen) atoms. The van der Waals surface area contributed by atoms with Crippen LogP contribution in [0.1, 0.15) is 32.8 Å². The van der Waals surface area contributed by atoms with E-state index in [2.05, 4.69) is 5.32 Å². The van der Waals surface area contributed by atoms with Crippen LogP contribution in [0.15, 0.2) is 12.1 Å². The van der Waals surface area contributed by atoms with Crippen LogP contribution in [0.2, 0.25) is 0 Å². The van der Waals surface area contributed by atoms with Crippen molar-refractivity contribution in [3.05, 3.63) is 17.7 Å². The van der Waals surface area contributed by atoms with Gasteiger partial charge in [0.2, 0.25) is 5.91 Å². The van der Waals surface area contributed by atoms with Gasteiger partial charge < -0.3 is 20.6 Å². The van der Waals surface area contributed by atoms with E-state index in [1.165, 1.54) is 12.1 Å². The largest absolute Gasteiger partial charge is 0.504 e. The third-order valence-corrected chi connectivity index (χ3v) is 3.33. The molecule has 0 aromatic heterocycles. The topological polar surface area (TPSA) is 89.8 Å². The van der Waals surface area contributed by atoms with Crippen LogP contribution in [-0.2, 0) is 11.2 Å². The molecule has 1 rings (SSSR count). The molecule has 4 N–H and O–H groups in total. The number of hydrogen-bond donors (Lipinski definition) is 4. The highest BCUT2D eigenvalue weighted by Gasteiger charge is 2.24. The van der Waals surface area contributed by atoms with E-state index in [4.69, 9.17) is 0 Å². The SMILES string of the molecule is CCC(C)(C)C(=O)NCCc1cc(O)c(O)c(O)c1. The number of benzene rings is 1. The molecule has 1 aromatic carbocycles. The second-order valence-electron chi connectivity index (χ2n) is 5.23. The van der Waals surface area contributed by atoms with Crippen molar-refractivity contribution in [3.8, 4) is 17.2 Å². The summed E-state index contributed by atoms with van der Waals surface area (Å²) in [7, 11) is 0. The highest BCUT2D eigenvalue weighted by molar-refractivity contribution is 5.81. The molecular formula is C14H21NO4. The Morgan fingerprint density at radius 3 is 2.21 bits per heavy atom. The van der Waals surface area contributed by atoms with Gasteiger partial charge in [0.25, 0.3) is 0 Å². The van der Waals surface area contributed by atoms with Crippen molar-refractivity contribution < 1.29 is 20.1 Å². The van der Waals surface area contributed by atoms with E-state index in [0.717, 1.165) is 6.42 Å². The first-order valence-corrected chi connectivity index (χ1v) is 6.30. The summed E-state index contributed by atoms with van der Waals surface area (Å²) in [5.41, 5.74) is 0.238. The molecule has 0 saturated carbocycles. The van der Waals surface area contributed by atoms with E-state index in [1.807, 2.05) is 20.8 Å². The second-order valence-corrected chi connectivity index (χ2v) is 5.23. The Bertz CT molecular complexity index is 446.